The molecule has 0 saturated carbocycles. The van der Waals surface area contributed by atoms with Crippen molar-refractivity contribution in [2.45, 2.75) is 37.8 Å². The van der Waals surface area contributed by atoms with Crippen LogP contribution in [0.2, 0.25) is 10.0 Å². The summed E-state index contributed by atoms with van der Waals surface area (Å²) in [4.78, 5) is 29.0. The molecule has 0 radical (unpaired) electrons. The molecule has 7 nitrogen and oxygen atoms in total. The van der Waals surface area contributed by atoms with Crippen LogP contribution in [0.15, 0.2) is 102 Å². The number of aryl methyl sites for hydroxylation is 1. The molecule has 0 aliphatic heterocycles. The summed E-state index contributed by atoms with van der Waals surface area (Å²) < 4.78 is 44.0. The number of carbonyl (C=O) groups is 2. The van der Waals surface area contributed by atoms with Crippen LogP contribution >= 0.6 is 23.2 Å². The smallest absolute Gasteiger partial charge is 0.264 e. The molecule has 44 heavy (non-hydrogen) atoms. The second-order valence-corrected chi connectivity index (χ2v) is 12.8. The van der Waals surface area contributed by atoms with Crippen molar-refractivity contribution in [2.24, 2.45) is 0 Å². The molecule has 230 valence electrons. The van der Waals surface area contributed by atoms with Crippen molar-refractivity contribution in [1.82, 2.24) is 10.2 Å². The lowest BCUT2D eigenvalue weighted by atomic mass is 10.0. The highest BCUT2D eigenvalue weighted by Gasteiger charge is 2.35. The maximum absolute atomic E-state index is 14.9. The van der Waals surface area contributed by atoms with Crippen LogP contribution in [0.5, 0.6) is 0 Å². The normalized spacial score (nSPS) is 11.9. The van der Waals surface area contributed by atoms with Gasteiger partial charge in [-0.3, -0.25) is 13.9 Å². The quantitative estimate of drug-likeness (QED) is 0.191. The number of benzene rings is 4. The monoisotopic (exact) mass is 655 g/mol. The third-order valence-electron chi connectivity index (χ3n) is 7.00. The predicted octanol–water partition coefficient (Wildman–Crippen LogP) is 6.41. The Bertz CT molecular complexity index is 1720. The van der Waals surface area contributed by atoms with Crippen molar-refractivity contribution in [1.29, 1.82) is 0 Å². The molecular formula is C33H32Cl2FN3O4S. The molecule has 0 heterocycles. The topological polar surface area (TPSA) is 86.8 Å². The number of hydrogen-bond donors (Lipinski definition) is 1. The standard InChI is InChI=1S/C33H32Cl2FN3O4S/c1-3-37-33(41)31(19-24-9-5-4-6-10-24)38(21-25-11-7-8-12-30(25)36)32(40)22-39(26-15-18-28(34)29(35)20-26)44(42,43)27-16-13-23(2)14-17-27/h4-18,20,31H,3,19,21-22H2,1-2H3,(H,37,41)/t31-/m1/s1. The number of nitrogens with zero attached hydrogens (tertiary/aromatic N) is 2. The Hall–Kier alpha value is -3.92. The number of hydrogen-bond acceptors (Lipinski definition) is 4. The number of rotatable bonds is 12. The molecule has 2 amide bonds. The van der Waals surface area contributed by atoms with Crippen LogP contribution in [0.4, 0.5) is 10.1 Å². The summed E-state index contributed by atoms with van der Waals surface area (Å²) in [5, 5.41) is 3.07. The number of carbonyl (C=O) groups excluding carboxylic acids is 2. The first-order valence-corrected chi connectivity index (χ1v) is 16.1. The van der Waals surface area contributed by atoms with E-state index >= 15 is 0 Å². The summed E-state index contributed by atoms with van der Waals surface area (Å²) >= 11 is 12.4. The zero-order chi connectivity index (χ0) is 31.9. The van der Waals surface area contributed by atoms with E-state index < -0.39 is 40.2 Å². The SMILES string of the molecule is CCNC(=O)[C@@H](Cc1ccccc1)N(Cc1ccccc1F)C(=O)CN(c1ccc(Cl)c(Cl)c1)S(=O)(=O)c1ccc(C)cc1. The fourth-order valence-corrected chi connectivity index (χ4v) is 6.36. The third-order valence-corrected chi connectivity index (χ3v) is 9.53. The molecule has 4 aromatic carbocycles. The van der Waals surface area contributed by atoms with E-state index in [0.717, 1.165) is 15.4 Å². The number of sulfonamides is 1. The van der Waals surface area contributed by atoms with E-state index in [1.54, 1.807) is 25.1 Å². The van der Waals surface area contributed by atoms with Gasteiger partial charge in [-0.1, -0.05) is 89.4 Å². The largest absolute Gasteiger partial charge is 0.355 e. The zero-order valence-corrected chi connectivity index (χ0v) is 26.5. The lowest BCUT2D eigenvalue weighted by Crippen LogP contribution is -2.53. The molecule has 0 aromatic heterocycles. The summed E-state index contributed by atoms with van der Waals surface area (Å²) in [7, 11) is -4.32. The van der Waals surface area contributed by atoms with Gasteiger partial charge in [-0.05, 0) is 55.8 Å². The molecule has 0 bridgehead atoms. The molecule has 1 atom stereocenters. The lowest BCUT2D eigenvalue weighted by molar-refractivity contribution is -0.140. The number of halogens is 3. The molecule has 11 heteroatoms. The highest BCUT2D eigenvalue weighted by atomic mass is 35.5. The van der Waals surface area contributed by atoms with Gasteiger partial charge in [0.2, 0.25) is 11.8 Å². The molecular weight excluding hydrogens is 624 g/mol. The molecule has 0 spiro atoms. The van der Waals surface area contributed by atoms with Gasteiger partial charge < -0.3 is 10.2 Å². The number of nitrogens with one attached hydrogen (secondary N) is 1. The van der Waals surface area contributed by atoms with Crippen LogP contribution in [0.3, 0.4) is 0 Å². The first kappa shape index (κ1) is 33.0. The van der Waals surface area contributed by atoms with Crippen LogP contribution in [0.25, 0.3) is 0 Å². The van der Waals surface area contributed by atoms with Gasteiger partial charge in [-0.25, -0.2) is 12.8 Å². The zero-order valence-electron chi connectivity index (χ0n) is 24.2. The second-order valence-electron chi connectivity index (χ2n) is 10.1. The van der Waals surface area contributed by atoms with Gasteiger partial charge in [0.05, 0.1) is 20.6 Å². The highest BCUT2D eigenvalue weighted by molar-refractivity contribution is 7.92. The van der Waals surface area contributed by atoms with Crippen molar-refractivity contribution in [2.75, 3.05) is 17.4 Å². The average Bonchev–Trinajstić information content (AvgIpc) is 3.00. The van der Waals surface area contributed by atoms with Crippen molar-refractivity contribution in [3.8, 4) is 0 Å². The number of amides is 2. The van der Waals surface area contributed by atoms with Crippen molar-refractivity contribution < 1.29 is 22.4 Å². The van der Waals surface area contributed by atoms with E-state index in [0.29, 0.717) is 6.54 Å². The van der Waals surface area contributed by atoms with Gasteiger partial charge >= 0.3 is 0 Å². The van der Waals surface area contributed by atoms with Crippen LogP contribution in [-0.2, 0) is 32.6 Å². The Labute approximate surface area is 267 Å². The average molecular weight is 657 g/mol. The van der Waals surface area contributed by atoms with Gasteiger partial charge in [-0.15, -0.1) is 0 Å². The van der Waals surface area contributed by atoms with E-state index in [1.165, 1.54) is 53.4 Å². The van der Waals surface area contributed by atoms with E-state index in [4.69, 9.17) is 23.2 Å². The fraction of sp³-hybridized carbons (Fsp3) is 0.212. The molecule has 1 N–H and O–H groups in total. The van der Waals surface area contributed by atoms with Gasteiger partial charge in [0.15, 0.2) is 0 Å². The molecule has 4 aromatic rings. The lowest BCUT2D eigenvalue weighted by Gasteiger charge is -2.34. The molecule has 0 fully saturated rings. The van der Waals surface area contributed by atoms with Crippen LogP contribution in [0, 0.1) is 12.7 Å². The van der Waals surface area contributed by atoms with Gasteiger partial charge in [0, 0.05) is 25.1 Å². The van der Waals surface area contributed by atoms with Gasteiger partial charge in [-0.2, -0.15) is 0 Å². The van der Waals surface area contributed by atoms with Crippen molar-refractivity contribution >= 4 is 50.7 Å². The highest BCUT2D eigenvalue weighted by Crippen LogP contribution is 2.31. The number of likely N-dealkylation sites (N-methyl/N-ethyl adjacent to an activating group) is 1. The Morgan fingerprint density at radius 2 is 1.55 bits per heavy atom. The Morgan fingerprint density at radius 3 is 2.18 bits per heavy atom. The molecule has 0 saturated heterocycles. The Kier molecular flexibility index (Phi) is 11.0. The van der Waals surface area contributed by atoms with Crippen LogP contribution in [0.1, 0.15) is 23.6 Å². The molecule has 4 rings (SSSR count). The molecule has 0 aliphatic rings. The maximum atomic E-state index is 14.9. The Morgan fingerprint density at radius 1 is 0.886 bits per heavy atom. The van der Waals surface area contributed by atoms with E-state index in [2.05, 4.69) is 5.32 Å². The van der Waals surface area contributed by atoms with E-state index in [-0.39, 0.29) is 39.2 Å². The summed E-state index contributed by atoms with van der Waals surface area (Å²) in [5.41, 5.74) is 1.88. The first-order chi connectivity index (χ1) is 21.0. The van der Waals surface area contributed by atoms with Crippen molar-refractivity contribution in [3.63, 3.8) is 0 Å². The maximum Gasteiger partial charge on any atom is 0.264 e. The minimum atomic E-state index is -4.32. The summed E-state index contributed by atoms with van der Waals surface area (Å²) in [6, 6.07) is 24.4. The summed E-state index contributed by atoms with van der Waals surface area (Å²) in [6.07, 6.45) is 0.115. The summed E-state index contributed by atoms with van der Waals surface area (Å²) in [5.74, 6) is -1.74. The van der Waals surface area contributed by atoms with Crippen LogP contribution < -0.4 is 9.62 Å². The van der Waals surface area contributed by atoms with Crippen molar-refractivity contribution in [3.05, 3.63) is 130 Å². The van der Waals surface area contributed by atoms with Gasteiger partial charge in [0.1, 0.15) is 18.4 Å². The van der Waals surface area contributed by atoms with E-state index in [9.17, 15) is 22.4 Å². The Balaban J connectivity index is 1.82. The molecule has 0 unspecified atom stereocenters. The van der Waals surface area contributed by atoms with Crippen LogP contribution in [-0.4, -0.2) is 44.3 Å². The minimum Gasteiger partial charge on any atom is -0.355 e. The van der Waals surface area contributed by atoms with E-state index in [1.807, 2.05) is 37.3 Å². The number of anilines is 1. The minimum absolute atomic E-state index is 0.0489. The molecule has 0 aliphatic carbocycles. The second kappa shape index (κ2) is 14.7. The predicted molar refractivity (Wildman–Crippen MR) is 172 cm³/mol. The van der Waals surface area contributed by atoms with Gasteiger partial charge in [0.25, 0.3) is 10.0 Å². The fourth-order valence-electron chi connectivity index (χ4n) is 4.66. The summed E-state index contributed by atoms with van der Waals surface area (Å²) in [6.45, 7) is 2.89. The third kappa shape index (κ3) is 7.96. The first-order valence-electron chi connectivity index (χ1n) is 13.9.